The third kappa shape index (κ3) is 5.34. The van der Waals surface area contributed by atoms with E-state index in [1.54, 1.807) is 6.07 Å². The molecular weight excluding hydrogens is 482 g/mol. The summed E-state index contributed by atoms with van der Waals surface area (Å²) in [6.07, 6.45) is 0.436. The number of aldehydes is 1. The van der Waals surface area contributed by atoms with Crippen LogP contribution in [0.25, 0.3) is 0 Å². The second-order valence-electron chi connectivity index (χ2n) is 9.10. The van der Waals surface area contributed by atoms with Crippen LogP contribution in [-0.4, -0.2) is 64.9 Å². The first-order valence-electron chi connectivity index (χ1n) is 11.2. The van der Waals surface area contributed by atoms with Gasteiger partial charge in [0.15, 0.2) is 18.7 Å². The number of aromatic nitrogens is 2. The third-order valence-corrected chi connectivity index (χ3v) is 6.41. The molecule has 194 valence electrons. The van der Waals surface area contributed by atoms with Crippen molar-refractivity contribution in [1.29, 1.82) is 0 Å². The van der Waals surface area contributed by atoms with Crippen molar-refractivity contribution >= 4 is 24.1 Å². The number of phenolic OH excluding ortho intramolecular Hbond substituents is 1. The molecule has 3 atom stereocenters. The number of alkyl halides is 2. The van der Waals surface area contributed by atoms with Crippen LogP contribution < -0.4 is 20.1 Å². The number of nitrogens with one attached hydrogen (secondary N) is 3. The zero-order valence-corrected chi connectivity index (χ0v) is 19.6. The summed E-state index contributed by atoms with van der Waals surface area (Å²) in [6, 6.07) is 4.27. The van der Waals surface area contributed by atoms with Gasteiger partial charge in [-0.3, -0.25) is 14.7 Å². The number of hydrogen-bond acceptors (Lipinski definition) is 8. The first kappa shape index (κ1) is 25.2. The van der Waals surface area contributed by atoms with Gasteiger partial charge < -0.3 is 30.0 Å². The van der Waals surface area contributed by atoms with E-state index in [0.29, 0.717) is 25.5 Å². The van der Waals surface area contributed by atoms with E-state index in [1.807, 2.05) is 0 Å². The van der Waals surface area contributed by atoms with Crippen molar-refractivity contribution in [2.45, 2.75) is 56.1 Å². The number of ether oxygens (including phenoxy) is 3. The van der Waals surface area contributed by atoms with Gasteiger partial charge in [-0.2, -0.15) is 5.10 Å². The molecule has 13 heteroatoms. The number of aromatic hydroxyl groups is 1. The van der Waals surface area contributed by atoms with Crippen LogP contribution in [0.4, 0.5) is 19.4 Å². The number of rotatable bonds is 9. The van der Waals surface area contributed by atoms with Gasteiger partial charge in [0, 0.05) is 36.2 Å². The Morgan fingerprint density at radius 3 is 2.72 bits per heavy atom. The van der Waals surface area contributed by atoms with Crippen LogP contribution in [0.15, 0.2) is 18.2 Å². The summed E-state index contributed by atoms with van der Waals surface area (Å²) >= 11 is 0. The number of halogens is 2. The number of benzene rings is 1. The molecule has 4 rings (SSSR count). The topological polar surface area (TPSA) is 152 Å². The van der Waals surface area contributed by atoms with Gasteiger partial charge in [0.25, 0.3) is 11.8 Å². The van der Waals surface area contributed by atoms with Crippen LogP contribution in [-0.2, 0) is 9.53 Å². The molecule has 0 saturated heterocycles. The van der Waals surface area contributed by atoms with Gasteiger partial charge in [-0.1, -0.05) is 0 Å². The number of carbonyl (C=O) groups excluding carboxylic acids is 3. The van der Waals surface area contributed by atoms with Crippen molar-refractivity contribution in [1.82, 2.24) is 15.5 Å². The van der Waals surface area contributed by atoms with E-state index in [1.165, 1.54) is 26.2 Å². The quantitative estimate of drug-likeness (QED) is 0.377. The normalized spacial score (nSPS) is 24.0. The van der Waals surface area contributed by atoms with Crippen molar-refractivity contribution in [2.75, 3.05) is 19.0 Å². The fourth-order valence-corrected chi connectivity index (χ4v) is 4.15. The standard InChI is InChI=1S/C23H26F2N4O7/c1-22(11-23(22,24)25)27-21(33)36-13-4-3-12(5-13)16-8-19(29-28-16)26-20(32)10-35-18-7-14(34-2)6-17(31)15(18)9-30/h6-9,12-13,31H,3-5,10-11H2,1-2H3,(H,27,33)(H2,26,28,29,32). The van der Waals surface area contributed by atoms with Crippen LogP contribution in [0.1, 0.15) is 54.6 Å². The van der Waals surface area contributed by atoms with Crippen LogP contribution in [0.2, 0.25) is 0 Å². The summed E-state index contributed by atoms with van der Waals surface area (Å²) in [5.41, 5.74) is -0.944. The van der Waals surface area contributed by atoms with Crippen molar-refractivity contribution in [3.8, 4) is 17.2 Å². The van der Waals surface area contributed by atoms with E-state index < -0.39 is 42.6 Å². The Hall–Kier alpha value is -3.90. The summed E-state index contributed by atoms with van der Waals surface area (Å²) in [6.45, 7) is 0.820. The lowest BCUT2D eigenvalue weighted by molar-refractivity contribution is -0.118. The molecule has 1 aromatic heterocycles. The van der Waals surface area contributed by atoms with Crippen molar-refractivity contribution in [2.24, 2.45) is 0 Å². The van der Waals surface area contributed by atoms with Gasteiger partial charge in [-0.05, 0) is 26.2 Å². The molecule has 0 bridgehead atoms. The number of hydrogen-bond donors (Lipinski definition) is 4. The number of carbonyl (C=O) groups is 3. The molecule has 0 spiro atoms. The molecule has 2 aliphatic carbocycles. The number of methoxy groups -OCH3 is 1. The lowest BCUT2D eigenvalue weighted by atomic mass is 10.0. The van der Waals surface area contributed by atoms with Gasteiger partial charge in [0.05, 0.1) is 12.7 Å². The van der Waals surface area contributed by atoms with E-state index in [2.05, 4.69) is 20.8 Å². The Kier molecular flexibility index (Phi) is 6.74. The van der Waals surface area contributed by atoms with E-state index in [0.717, 1.165) is 5.69 Å². The molecule has 1 aromatic carbocycles. The van der Waals surface area contributed by atoms with Crippen molar-refractivity contribution < 1.29 is 42.5 Å². The van der Waals surface area contributed by atoms with Gasteiger partial charge in [0.1, 0.15) is 28.9 Å². The molecule has 0 radical (unpaired) electrons. The minimum atomic E-state index is -2.92. The fourth-order valence-electron chi connectivity index (χ4n) is 4.15. The van der Waals surface area contributed by atoms with Crippen LogP contribution >= 0.6 is 0 Å². The summed E-state index contributed by atoms with van der Waals surface area (Å²) in [4.78, 5) is 35.5. The number of H-pyrrole nitrogens is 1. The number of nitrogens with zero attached hydrogens (tertiary/aromatic N) is 1. The van der Waals surface area contributed by atoms with Gasteiger partial charge in [-0.25, -0.2) is 13.6 Å². The fraction of sp³-hybridized carbons (Fsp3) is 0.478. The molecular formula is C23H26F2N4O7. The predicted molar refractivity (Wildman–Crippen MR) is 121 cm³/mol. The largest absolute Gasteiger partial charge is 0.507 e. The highest BCUT2D eigenvalue weighted by atomic mass is 19.3. The van der Waals surface area contributed by atoms with Crippen molar-refractivity contribution in [3.63, 3.8) is 0 Å². The monoisotopic (exact) mass is 508 g/mol. The molecule has 36 heavy (non-hydrogen) atoms. The molecule has 11 nitrogen and oxygen atoms in total. The zero-order chi connectivity index (χ0) is 26.1. The number of aromatic amines is 1. The summed E-state index contributed by atoms with van der Waals surface area (Å²) in [5.74, 6) is -3.35. The SMILES string of the molecule is COc1cc(O)c(C=O)c(OCC(=O)Nc2cc(C3CCC(OC(=O)NC4(C)CC4(F)F)C3)[nH]n2)c1. The highest BCUT2D eigenvalue weighted by molar-refractivity contribution is 5.91. The maximum absolute atomic E-state index is 13.3. The number of phenols is 1. The molecule has 2 saturated carbocycles. The Bertz CT molecular complexity index is 1170. The smallest absolute Gasteiger partial charge is 0.408 e. The first-order valence-corrected chi connectivity index (χ1v) is 11.2. The maximum atomic E-state index is 13.3. The average molecular weight is 508 g/mol. The summed E-state index contributed by atoms with van der Waals surface area (Å²) in [5, 5.41) is 21.6. The summed E-state index contributed by atoms with van der Waals surface area (Å²) < 4.78 is 42.3. The predicted octanol–water partition coefficient (Wildman–Crippen LogP) is 3.11. The number of amides is 2. The van der Waals surface area contributed by atoms with Crippen LogP contribution in [0.3, 0.4) is 0 Å². The van der Waals surface area contributed by atoms with Crippen molar-refractivity contribution in [3.05, 3.63) is 29.5 Å². The minimum absolute atomic E-state index is 0.0138. The Balaban J connectivity index is 1.26. The molecule has 0 aliphatic heterocycles. The lowest BCUT2D eigenvalue weighted by Crippen LogP contribution is -2.40. The Morgan fingerprint density at radius 1 is 1.31 bits per heavy atom. The minimum Gasteiger partial charge on any atom is -0.507 e. The van der Waals surface area contributed by atoms with Gasteiger partial charge >= 0.3 is 6.09 Å². The average Bonchev–Trinajstić information content (AvgIpc) is 3.23. The molecule has 2 aliphatic rings. The first-order chi connectivity index (χ1) is 17.0. The number of alkyl carbamates (subject to hydrolysis) is 1. The van der Waals surface area contributed by atoms with E-state index in [4.69, 9.17) is 14.2 Å². The molecule has 1 heterocycles. The lowest BCUT2D eigenvalue weighted by Gasteiger charge is -2.16. The summed E-state index contributed by atoms with van der Waals surface area (Å²) in [7, 11) is 1.38. The van der Waals surface area contributed by atoms with E-state index in [9.17, 15) is 28.3 Å². The second kappa shape index (κ2) is 9.63. The second-order valence-corrected chi connectivity index (χ2v) is 9.10. The van der Waals surface area contributed by atoms with Crippen LogP contribution in [0, 0.1) is 0 Å². The molecule has 2 aromatic rings. The van der Waals surface area contributed by atoms with Gasteiger partial charge in [-0.15, -0.1) is 0 Å². The Morgan fingerprint density at radius 2 is 2.06 bits per heavy atom. The van der Waals surface area contributed by atoms with Crippen LogP contribution in [0.5, 0.6) is 17.2 Å². The van der Waals surface area contributed by atoms with Gasteiger partial charge in [0.2, 0.25) is 0 Å². The third-order valence-electron chi connectivity index (χ3n) is 6.41. The highest BCUT2D eigenvalue weighted by Gasteiger charge is 2.69. The molecule has 2 amide bonds. The molecule has 2 fully saturated rings. The number of anilines is 1. The Labute approximate surface area is 204 Å². The highest BCUT2D eigenvalue weighted by Crippen LogP contribution is 2.52. The molecule has 3 unspecified atom stereocenters. The zero-order valence-electron chi connectivity index (χ0n) is 19.6. The van der Waals surface area contributed by atoms with E-state index >= 15 is 0 Å². The molecule has 4 N–H and O–H groups in total. The van der Waals surface area contributed by atoms with E-state index in [-0.39, 0.29) is 34.5 Å². The maximum Gasteiger partial charge on any atom is 0.408 e.